The summed E-state index contributed by atoms with van der Waals surface area (Å²) >= 11 is 0. The SMILES string of the molecule is CCOC(=O)CCN(Cc1ccco1)C(=O)C(C)C. The fraction of sp³-hybridized carbons (Fsp3) is 0.571. The van der Waals surface area contributed by atoms with Gasteiger partial charge in [0, 0.05) is 12.5 Å². The van der Waals surface area contributed by atoms with Gasteiger partial charge in [0.1, 0.15) is 5.76 Å². The van der Waals surface area contributed by atoms with Crippen LogP contribution in [-0.4, -0.2) is 29.9 Å². The van der Waals surface area contributed by atoms with Crippen LogP contribution in [0.25, 0.3) is 0 Å². The molecule has 1 heterocycles. The molecule has 0 N–H and O–H groups in total. The molecule has 0 aliphatic rings. The van der Waals surface area contributed by atoms with Gasteiger partial charge in [0.2, 0.25) is 5.91 Å². The zero-order chi connectivity index (χ0) is 14.3. The Hall–Kier alpha value is -1.78. The van der Waals surface area contributed by atoms with Crippen LogP contribution in [0.5, 0.6) is 0 Å². The minimum Gasteiger partial charge on any atom is -0.467 e. The number of hydrogen-bond donors (Lipinski definition) is 0. The fourth-order valence-corrected chi connectivity index (χ4v) is 1.68. The number of ether oxygens (including phenoxy) is 1. The van der Waals surface area contributed by atoms with Crippen LogP contribution in [-0.2, 0) is 20.9 Å². The molecular weight excluding hydrogens is 246 g/mol. The number of amides is 1. The second kappa shape index (κ2) is 7.61. The predicted molar refractivity (Wildman–Crippen MR) is 70.2 cm³/mol. The summed E-state index contributed by atoms with van der Waals surface area (Å²) in [5.41, 5.74) is 0. The molecule has 0 aromatic carbocycles. The summed E-state index contributed by atoms with van der Waals surface area (Å²) in [4.78, 5) is 25.1. The van der Waals surface area contributed by atoms with E-state index in [-0.39, 0.29) is 24.2 Å². The highest BCUT2D eigenvalue weighted by atomic mass is 16.5. The van der Waals surface area contributed by atoms with Gasteiger partial charge in [0.25, 0.3) is 0 Å². The highest BCUT2D eigenvalue weighted by Crippen LogP contribution is 2.10. The van der Waals surface area contributed by atoms with Crippen LogP contribution in [0.2, 0.25) is 0 Å². The summed E-state index contributed by atoms with van der Waals surface area (Å²) in [6.07, 6.45) is 1.77. The van der Waals surface area contributed by atoms with Crippen LogP contribution in [0.15, 0.2) is 22.8 Å². The fourth-order valence-electron chi connectivity index (χ4n) is 1.68. The third-order valence-corrected chi connectivity index (χ3v) is 2.62. The van der Waals surface area contributed by atoms with Gasteiger partial charge in [-0.1, -0.05) is 13.8 Å². The standard InChI is InChI=1S/C14H21NO4/c1-4-18-13(16)7-8-15(14(17)11(2)3)10-12-6-5-9-19-12/h5-6,9,11H,4,7-8,10H2,1-3H3. The average Bonchev–Trinajstić information content (AvgIpc) is 2.86. The Balaban J connectivity index is 2.59. The van der Waals surface area contributed by atoms with E-state index in [0.717, 1.165) is 0 Å². The first kappa shape index (κ1) is 15.3. The molecule has 1 rings (SSSR count). The monoisotopic (exact) mass is 267 g/mol. The van der Waals surface area contributed by atoms with Crippen molar-refractivity contribution in [3.05, 3.63) is 24.2 Å². The summed E-state index contributed by atoms with van der Waals surface area (Å²) in [5, 5.41) is 0. The number of esters is 1. The van der Waals surface area contributed by atoms with E-state index in [1.807, 2.05) is 19.9 Å². The molecule has 0 fully saturated rings. The van der Waals surface area contributed by atoms with E-state index >= 15 is 0 Å². The molecule has 19 heavy (non-hydrogen) atoms. The number of carbonyl (C=O) groups excluding carboxylic acids is 2. The van der Waals surface area contributed by atoms with Crippen molar-refractivity contribution < 1.29 is 18.7 Å². The molecule has 5 nitrogen and oxygen atoms in total. The lowest BCUT2D eigenvalue weighted by Gasteiger charge is -2.23. The van der Waals surface area contributed by atoms with Crippen LogP contribution in [0, 0.1) is 5.92 Å². The van der Waals surface area contributed by atoms with Gasteiger partial charge in [0.15, 0.2) is 0 Å². The highest BCUT2D eigenvalue weighted by Gasteiger charge is 2.19. The van der Waals surface area contributed by atoms with Gasteiger partial charge < -0.3 is 14.1 Å². The third-order valence-electron chi connectivity index (χ3n) is 2.62. The van der Waals surface area contributed by atoms with E-state index in [9.17, 15) is 9.59 Å². The van der Waals surface area contributed by atoms with E-state index in [1.165, 1.54) is 0 Å². The maximum atomic E-state index is 12.1. The third kappa shape index (κ3) is 5.16. The second-order valence-electron chi connectivity index (χ2n) is 4.55. The zero-order valence-corrected chi connectivity index (χ0v) is 11.7. The highest BCUT2D eigenvalue weighted by molar-refractivity contribution is 5.79. The largest absolute Gasteiger partial charge is 0.467 e. The van der Waals surface area contributed by atoms with Gasteiger partial charge in [-0.05, 0) is 19.1 Å². The summed E-state index contributed by atoms with van der Waals surface area (Å²) < 4.78 is 10.1. The molecule has 0 unspecified atom stereocenters. The second-order valence-corrected chi connectivity index (χ2v) is 4.55. The van der Waals surface area contributed by atoms with Gasteiger partial charge in [-0.25, -0.2) is 0 Å². The number of hydrogen-bond acceptors (Lipinski definition) is 4. The van der Waals surface area contributed by atoms with E-state index < -0.39 is 0 Å². The quantitative estimate of drug-likeness (QED) is 0.711. The smallest absolute Gasteiger partial charge is 0.307 e. The van der Waals surface area contributed by atoms with Crippen LogP contribution in [0.4, 0.5) is 0 Å². The van der Waals surface area contributed by atoms with Crippen LogP contribution in [0.3, 0.4) is 0 Å². The molecule has 1 aromatic heterocycles. The molecular formula is C14H21NO4. The summed E-state index contributed by atoms with van der Waals surface area (Å²) in [6, 6.07) is 3.59. The van der Waals surface area contributed by atoms with E-state index in [4.69, 9.17) is 9.15 Å². The predicted octanol–water partition coefficient (Wildman–Crippen LogP) is 2.22. The Morgan fingerprint density at radius 1 is 1.42 bits per heavy atom. The average molecular weight is 267 g/mol. The Labute approximate surface area is 113 Å². The minimum absolute atomic E-state index is 0.000647. The number of nitrogens with zero attached hydrogens (tertiary/aromatic N) is 1. The zero-order valence-electron chi connectivity index (χ0n) is 11.7. The maximum absolute atomic E-state index is 12.1. The Bertz CT molecular complexity index is 398. The van der Waals surface area contributed by atoms with Gasteiger partial charge in [-0.3, -0.25) is 9.59 Å². The molecule has 0 aliphatic carbocycles. The van der Waals surface area contributed by atoms with Crippen molar-refractivity contribution in [1.82, 2.24) is 4.90 Å². The molecule has 106 valence electrons. The number of furan rings is 1. The first-order valence-electron chi connectivity index (χ1n) is 6.51. The lowest BCUT2D eigenvalue weighted by atomic mass is 10.2. The van der Waals surface area contributed by atoms with Crippen molar-refractivity contribution in [2.24, 2.45) is 5.92 Å². The summed E-state index contributed by atoms with van der Waals surface area (Å²) in [6.45, 7) is 6.51. The first-order chi connectivity index (χ1) is 9.04. The maximum Gasteiger partial charge on any atom is 0.307 e. The van der Waals surface area contributed by atoms with E-state index in [2.05, 4.69) is 0 Å². The topological polar surface area (TPSA) is 59.8 Å². The normalized spacial score (nSPS) is 10.5. The van der Waals surface area contributed by atoms with E-state index in [1.54, 1.807) is 24.2 Å². The lowest BCUT2D eigenvalue weighted by Crippen LogP contribution is -2.35. The lowest BCUT2D eigenvalue weighted by molar-refractivity contribution is -0.144. The van der Waals surface area contributed by atoms with Crippen molar-refractivity contribution in [1.29, 1.82) is 0 Å². The van der Waals surface area contributed by atoms with Crippen molar-refractivity contribution in [3.63, 3.8) is 0 Å². The van der Waals surface area contributed by atoms with Crippen molar-refractivity contribution in [2.45, 2.75) is 33.7 Å². The van der Waals surface area contributed by atoms with Crippen molar-refractivity contribution in [2.75, 3.05) is 13.2 Å². The minimum atomic E-state index is -0.288. The van der Waals surface area contributed by atoms with Gasteiger partial charge >= 0.3 is 5.97 Å². The molecule has 0 bridgehead atoms. The van der Waals surface area contributed by atoms with Crippen molar-refractivity contribution >= 4 is 11.9 Å². The first-order valence-corrected chi connectivity index (χ1v) is 6.51. The molecule has 1 aromatic rings. The number of carbonyl (C=O) groups is 2. The Kier molecular flexibility index (Phi) is 6.12. The molecule has 0 saturated heterocycles. The molecule has 0 radical (unpaired) electrons. The number of rotatable bonds is 7. The summed E-state index contributed by atoms with van der Waals surface area (Å²) in [7, 11) is 0. The van der Waals surface area contributed by atoms with Crippen LogP contribution < -0.4 is 0 Å². The molecule has 0 atom stereocenters. The van der Waals surface area contributed by atoms with Crippen LogP contribution in [0.1, 0.15) is 33.0 Å². The molecule has 5 heteroatoms. The molecule has 1 amide bonds. The summed E-state index contributed by atoms with van der Waals surface area (Å²) in [5.74, 6) is 0.305. The van der Waals surface area contributed by atoms with Crippen molar-refractivity contribution in [3.8, 4) is 0 Å². The van der Waals surface area contributed by atoms with E-state index in [0.29, 0.717) is 25.5 Å². The van der Waals surface area contributed by atoms with Gasteiger partial charge in [-0.15, -0.1) is 0 Å². The Morgan fingerprint density at radius 2 is 2.16 bits per heavy atom. The van der Waals surface area contributed by atoms with Gasteiger partial charge in [-0.2, -0.15) is 0 Å². The molecule has 0 saturated carbocycles. The van der Waals surface area contributed by atoms with Gasteiger partial charge in [0.05, 0.1) is 25.8 Å². The van der Waals surface area contributed by atoms with Crippen LogP contribution >= 0.6 is 0 Å². The Morgan fingerprint density at radius 3 is 2.68 bits per heavy atom. The molecule has 0 aliphatic heterocycles. The molecule has 0 spiro atoms.